The van der Waals surface area contributed by atoms with Crippen molar-refractivity contribution < 1.29 is 14.3 Å². The summed E-state index contributed by atoms with van der Waals surface area (Å²) in [4.78, 5) is 26.1. The first-order valence-corrected chi connectivity index (χ1v) is 10.7. The van der Waals surface area contributed by atoms with Gasteiger partial charge in [0.1, 0.15) is 12.1 Å². The number of methoxy groups -OCH3 is 1. The van der Waals surface area contributed by atoms with E-state index in [1.165, 1.54) is 16.7 Å². The van der Waals surface area contributed by atoms with Gasteiger partial charge >= 0.3 is 0 Å². The molecule has 2 amide bonds. The Labute approximate surface area is 189 Å². The Hall–Kier alpha value is -3.04. The van der Waals surface area contributed by atoms with Gasteiger partial charge in [-0.25, -0.2) is 0 Å². The lowest BCUT2D eigenvalue weighted by atomic mass is 10.2. The number of likely N-dealkylation sites (N-methyl/N-ethyl adjacent to an activating group) is 1. The average molecular weight is 460 g/mol. The fraction of sp³-hybridized carbons (Fsp3) is 0.238. The van der Waals surface area contributed by atoms with Crippen molar-refractivity contribution in [3.05, 3.63) is 59.4 Å². The molecule has 0 atom stereocenters. The third-order valence-corrected chi connectivity index (χ3v) is 5.77. The summed E-state index contributed by atoms with van der Waals surface area (Å²) in [5.41, 5.74) is 2.38. The third kappa shape index (κ3) is 5.99. The molecule has 1 aromatic heterocycles. The zero-order valence-corrected chi connectivity index (χ0v) is 18.9. The number of hydrogen-bond acceptors (Lipinski definition) is 6. The molecule has 0 aliphatic rings. The van der Waals surface area contributed by atoms with Crippen LogP contribution in [0.15, 0.2) is 53.9 Å². The highest BCUT2D eigenvalue weighted by atomic mass is 35.5. The summed E-state index contributed by atoms with van der Waals surface area (Å²) >= 11 is 7.45. The fourth-order valence-electron chi connectivity index (χ4n) is 2.67. The zero-order valence-electron chi connectivity index (χ0n) is 17.3. The van der Waals surface area contributed by atoms with Gasteiger partial charge in [-0.05, 0) is 36.8 Å². The van der Waals surface area contributed by atoms with Crippen LogP contribution in [0.4, 0.5) is 5.69 Å². The van der Waals surface area contributed by atoms with E-state index in [9.17, 15) is 9.59 Å². The Morgan fingerprint density at radius 1 is 1.26 bits per heavy atom. The minimum absolute atomic E-state index is 0.0726. The number of halogens is 1. The minimum Gasteiger partial charge on any atom is -0.497 e. The second-order valence-corrected chi connectivity index (χ2v) is 8.09. The summed E-state index contributed by atoms with van der Waals surface area (Å²) in [6, 6.07) is 12.7. The third-order valence-electron chi connectivity index (χ3n) is 4.43. The number of carbonyl (C=O) groups is 2. The molecule has 162 valence electrons. The molecule has 31 heavy (non-hydrogen) atoms. The molecule has 0 aliphatic heterocycles. The van der Waals surface area contributed by atoms with Crippen LogP contribution in [0, 0.1) is 6.92 Å². The van der Waals surface area contributed by atoms with Crippen molar-refractivity contribution in [1.82, 2.24) is 19.7 Å². The highest BCUT2D eigenvalue weighted by Crippen LogP contribution is 2.24. The summed E-state index contributed by atoms with van der Waals surface area (Å²) in [5, 5.41) is 12.0. The molecule has 1 heterocycles. The topological polar surface area (TPSA) is 89.3 Å². The van der Waals surface area contributed by atoms with E-state index in [0.29, 0.717) is 21.6 Å². The van der Waals surface area contributed by atoms with Gasteiger partial charge in [0, 0.05) is 23.8 Å². The van der Waals surface area contributed by atoms with E-state index in [4.69, 9.17) is 16.3 Å². The Bertz CT molecular complexity index is 1090. The van der Waals surface area contributed by atoms with Gasteiger partial charge < -0.3 is 15.0 Å². The highest BCUT2D eigenvalue weighted by Gasteiger charge is 2.16. The average Bonchev–Trinajstić information content (AvgIpc) is 3.22. The summed E-state index contributed by atoms with van der Waals surface area (Å²) in [5.74, 6) is 0.243. The van der Waals surface area contributed by atoms with Gasteiger partial charge in [0.25, 0.3) is 0 Å². The molecule has 3 aromatic rings. The van der Waals surface area contributed by atoms with Crippen molar-refractivity contribution in [2.45, 2.75) is 12.1 Å². The Morgan fingerprint density at radius 2 is 2.06 bits per heavy atom. The second-order valence-electron chi connectivity index (χ2n) is 6.74. The molecule has 2 aromatic carbocycles. The molecule has 0 fully saturated rings. The highest BCUT2D eigenvalue weighted by molar-refractivity contribution is 7.99. The van der Waals surface area contributed by atoms with Crippen molar-refractivity contribution in [1.29, 1.82) is 0 Å². The molecule has 1 N–H and O–H groups in total. The van der Waals surface area contributed by atoms with E-state index in [1.54, 1.807) is 49.3 Å². The van der Waals surface area contributed by atoms with Crippen molar-refractivity contribution in [2.75, 3.05) is 31.8 Å². The molecular formula is C21H22ClN5O3S. The van der Waals surface area contributed by atoms with Crippen molar-refractivity contribution in [3.63, 3.8) is 0 Å². The van der Waals surface area contributed by atoms with Crippen LogP contribution in [0.3, 0.4) is 0 Å². The van der Waals surface area contributed by atoms with Crippen LogP contribution in [0.25, 0.3) is 5.69 Å². The summed E-state index contributed by atoms with van der Waals surface area (Å²) in [7, 11) is 3.14. The van der Waals surface area contributed by atoms with E-state index in [-0.39, 0.29) is 24.1 Å². The molecule has 8 nitrogen and oxygen atoms in total. The normalized spacial score (nSPS) is 10.6. The predicted octanol–water partition coefficient (Wildman–Crippen LogP) is 3.43. The second kappa shape index (κ2) is 10.3. The van der Waals surface area contributed by atoms with Crippen molar-refractivity contribution >= 4 is 40.9 Å². The van der Waals surface area contributed by atoms with Crippen LogP contribution in [-0.2, 0) is 9.59 Å². The predicted molar refractivity (Wildman–Crippen MR) is 121 cm³/mol. The maximum atomic E-state index is 12.5. The maximum absolute atomic E-state index is 12.5. The lowest BCUT2D eigenvalue weighted by Gasteiger charge is -2.17. The zero-order chi connectivity index (χ0) is 22.4. The number of rotatable bonds is 8. The van der Waals surface area contributed by atoms with Crippen LogP contribution in [0.2, 0.25) is 5.02 Å². The number of aryl methyl sites for hydroxylation is 1. The smallest absolute Gasteiger partial charge is 0.243 e. The molecule has 10 heteroatoms. The fourth-order valence-corrected chi connectivity index (χ4v) is 3.72. The number of thioether (sulfide) groups is 1. The Balaban J connectivity index is 1.55. The number of benzene rings is 2. The van der Waals surface area contributed by atoms with Gasteiger partial charge in [-0.2, -0.15) is 0 Å². The molecule has 0 saturated heterocycles. The standard InChI is InChI=1S/C21H22ClN5O3S/c1-14-7-8-16(10-18(14)22)27-13-23-25-21(27)31-12-20(29)26(2)11-19(28)24-15-5-4-6-17(9-15)30-3/h4-10,13H,11-12H2,1-3H3,(H,24,28). The van der Waals surface area contributed by atoms with Gasteiger partial charge in [0.2, 0.25) is 11.8 Å². The monoisotopic (exact) mass is 459 g/mol. The molecular weight excluding hydrogens is 438 g/mol. The quantitative estimate of drug-likeness (QED) is 0.519. The van der Waals surface area contributed by atoms with Gasteiger partial charge in [0.15, 0.2) is 5.16 Å². The maximum Gasteiger partial charge on any atom is 0.243 e. The summed E-state index contributed by atoms with van der Waals surface area (Å²) in [6.45, 7) is 1.85. The van der Waals surface area contributed by atoms with Crippen molar-refractivity contribution in [3.8, 4) is 11.4 Å². The van der Waals surface area contributed by atoms with Gasteiger partial charge in [-0.15, -0.1) is 10.2 Å². The molecule has 0 unspecified atom stereocenters. The first-order valence-electron chi connectivity index (χ1n) is 9.34. The summed E-state index contributed by atoms with van der Waals surface area (Å²) < 4.78 is 6.90. The lowest BCUT2D eigenvalue weighted by Crippen LogP contribution is -2.36. The van der Waals surface area contributed by atoms with E-state index in [2.05, 4.69) is 15.5 Å². The van der Waals surface area contributed by atoms with Crippen LogP contribution >= 0.6 is 23.4 Å². The molecule has 0 aliphatic carbocycles. The molecule has 0 saturated carbocycles. The van der Waals surface area contributed by atoms with E-state index in [1.807, 2.05) is 25.1 Å². The van der Waals surface area contributed by atoms with Crippen molar-refractivity contribution in [2.24, 2.45) is 0 Å². The number of amides is 2. The Morgan fingerprint density at radius 3 is 2.81 bits per heavy atom. The number of nitrogens with one attached hydrogen (secondary N) is 1. The van der Waals surface area contributed by atoms with Crippen LogP contribution < -0.4 is 10.1 Å². The number of anilines is 1. The SMILES string of the molecule is COc1cccc(NC(=O)CN(C)C(=O)CSc2nncn2-c2ccc(C)c(Cl)c2)c1. The first kappa shape index (κ1) is 22.6. The van der Waals surface area contributed by atoms with Gasteiger partial charge in [0.05, 0.1) is 25.1 Å². The first-order chi connectivity index (χ1) is 14.9. The Kier molecular flexibility index (Phi) is 7.54. The number of nitrogens with zero attached hydrogens (tertiary/aromatic N) is 4. The van der Waals surface area contributed by atoms with E-state index < -0.39 is 0 Å². The van der Waals surface area contributed by atoms with Gasteiger partial charge in [-0.3, -0.25) is 14.2 Å². The van der Waals surface area contributed by atoms with Crippen LogP contribution in [-0.4, -0.2) is 57.9 Å². The lowest BCUT2D eigenvalue weighted by molar-refractivity contribution is -0.131. The molecule has 3 rings (SSSR count). The largest absolute Gasteiger partial charge is 0.497 e. The molecule has 0 bridgehead atoms. The summed E-state index contributed by atoms with van der Waals surface area (Å²) in [6.07, 6.45) is 1.57. The van der Waals surface area contributed by atoms with E-state index in [0.717, 1.165) is 11.3 Å². The number of hydrogen-bond donors (Lipinski definition) is 1. The molecule has 0 radical (unpaired) electrons. The molecule has 0 spiro atoms. The number of aromatic nitrogens is 3. The van der Waals surface area contributed by atoms with Crippen LogP contribution in [0.1, 0.15) is 5.56 Å². The van der Waals surface area contributed by atoms with E-state index >= 15 is 0 Å². The number of carbonyl (C=O) groups excluding carboxylic acids is 2. The van der Waals surface area contributed by atoms with Crippen LogP contribution in [0.5, 0.6) is 5.75 Å². The number of ether oxygens (including phenoxy) is 1. The minimum atomic E-state index is -0.299. The van der Waals surface area contributed by atoms with Gasteiger partial charge in [-0.1, -0.05) is 35.5 Å².